The maximum atomic E-state index is 12.1. The number of likely N-dealkylation sites (N-methyl/N-ethyl adjacent to an activating group) is 1. The molecule has 0 aromatic heterocycles. The number of aliphatic hydroxyl groups excluding tert-OH is 1. The summed E-state index contributed by atoms with van der Waals surface area (Å²) in [7, 11) is 1.71. The third-order valence-electron chi connectivity index (χ3n) is 4.08. The van der Waals surface area contributed by atoms with E-state index in [9.17, 15) is 4.79 Å². The second kappa shape index (κ2) is 7.29. The van der Waals surface area contributed by atoms with Crippen LogP contribution in [-0.2, 0) is 0 Å². The zero-order chi connectivity index (χ0) is 14.4. The summed E-state index contributed by atoms with van der Waals surface area (Å²) in [6, 6.07) is 10.1. The van der Waals surface area contributed by atoms with E-state index >= 15 is 0 Å². The molecule has 2 amide bonds. The third-order valence-corrected chi connectivity index (χ3v) is 4.08. The molecule has 0 aliphatic heterocycles. The first-order chi connectivity index (χ1) is 9.70. The van der Waals surface area contributed by atoms with Crippen molar-refractivity contribution in [3.05, 3.63) is 35.9 Å². The van der Waals surface area contributed by atoms with Crippen LogP contribution in [0.1, 0.15) is 37.3 Å². The first-order valence-electron chi connectivity index (χ1n) is 7.38. The quantitative estimate of drug-likeness (QED) is 0.839. The summed E-state index contributed by atoms with van der Waals surface area (Å²) in [6.07, 6.45) is 4.85. The molecule has 1 aliphatic rings. The maximum absolute atomic E-state index is 12.1. The zero-order valence-corrected chi connectivity index (χ0v) is 12.1. The lowest BCUT2D eigenvalue weighted by Crippen LogP contribution is -2.41. The number of carbonyl (C=O) groups excluding carboxylic acids is 1. The normalized spacial score (nSPS) is 16.3. The fourth-order valence-electron chi connectivity index (χ4n) is 2.54. The van der Waals surface area contributed by atoms with E-state index in [0.29, 0.717) is 6.54 Å². The van der Waals surface area contributed by atoms with Crippen molar-refractivity contribution in [2.24, 2.45) is 5.92 Å². The van der Waals surface area contributed by atoms with E-state index in [1.165, 1.54) is 24.2 Å². The Morgan fingerprint density at radius 1 is 1.40 bits per heavy atom. The van der Waals surface area contributed by atoms with Crippen LogP contribution < -0.4 is 5.32 Å². The summed E-state index contributed by atoms with van der Waals surface area (Å²) in [5.41, 5.74) is 1.16. The number of hydrogen-bond donors (Lipinski definition) is 2. The van der Waals surface area contributed by atoms with Crippen molar-refractivity contribution in [3.8, 4) is 0 Å². The van der Waals surface area contributed by atoms with Crippen LogP contribution in [0, 0.1) is 5.92 Å². The van der Waals surface area contributed by atoms with Gasteiger partial charge in [0.05, 0.1) is 12.6 Å². The van der Waals surface area contributed by atoms with Gasteiger partial charge in [-0.2, -0.15) is 0 Å². The Morgan fingerprint density at radius 3 is 2.65 bits per heavy atom. The number of carbonyl (C=O) groups is 1. The highest BCUT2D eigenvalue weighted by Crippen LogP contribution is 2.34. The van der Waals surface area contributed by atoms with Crippen molar-refractivity contribution in [1.82, 2.24) is 10.2 Å². The minimum Gasteiger partial charge on any atom is -0.395 e. The minimum atomic E-state index is -0.118. The van der Waals surface area contributed by atoms with Crippen molar-refractivity contribution in [3.63, 3.8) is 0 Å². The predicted octanol–water partition coefficient (Wildman–Crippen LogP) is 2.55. The van der Waals surface area contributed by atoms with Gasteiger partial charge in [-0.1, -0.05) is 49.6 Å². The fraction of sp³-hybridized carbons (Fsp3) is 0.562. The van der Waals surface area contributed by atoms with Gasteiger partial charge in [0.1, 0.15) is 0 Å². The number of benzene rings is 1. The molecule has 2 rings (SSSR count). The zero-order valence-electron chi connectivity index (χ0n) is 12.1. The summed E-state index contributed by atoms with van der Waals surface area (Å²) >= 11 is 0. The molecular weight excluding hydrogens is 252 g/mol. The highest BCUT2D eigenvalue weighted by Gasteiger charge is 2.24. The van der Waals surface area contributed by atoms with Crippen LogP contribution in [0.15, 0.2) is 30.3 Å². The van der Waals surface area contributed by atoms with Crippen LogP contribution in [0.2, 0.25) is 0 Å². The lowest BCUT2D eigenvalue weighted by Gasteiger charge is -2.31. The number of hydrogen-bond acceptors (Lipinski definition) is 2. The van der Waals surface area contributed by atoms with E-state index in [1.807, 2.05) is 18.2 Å². The molecule has 110 valence electrons. The van der Waals surface area contributed by atoms with E-state index in [-0.39, 0.29) is 18.7 Å². The van der Waals surface area contributed by atoms with E-state index in [4.69, 9.17) is 5.11 Å². The topological polar surface area (TPSA) is 52.6 Å². The molecule has 0 heterocycles. The molecule has 1 fully saturated rings. The van der Waals surface area contributed by atoms with Gasteiger partial charge in [0.15, 0.2) is 0 Å². The first kappa shape index (κ1) is 14.9. The molecule has 0 saturated heterocycles. The monoisotopic (exact) mass is 276 g/mol. The Balaban J connectivity index is 2.00. The average molecular weight is 276 g/mol. The van der Waals surface area contributed by atoms with E-state index in [0.717, 1.165) is 17.9 Å². The Labute approximate surface area is 120 Å². The molecule has 1 aliphatic carbocycles. The molecular formula is C16H24N2O2. The molecule has 4 nitrogen and oxygen atoms in total. The Hall–Kier alpha value is -1.55. The van der Waals surface area contributed by atoms with Crippen LogP contribution in [0.3, 0.4) is 0 Å². The van der Waals surface area contributed by atoms with Crippen molar-refractivity contribution in [2.75, 3.05) is 20.2 Å². The van der Waals surface area contributed by atoms with E-state index in [1.54, 1.807) is 7.05 Å². The Bertz CT molecular complexity index is 418. The largest absolute Gasteiger partial charge is 0.395 e. The highest BCUT2D eigenvalue weighted by atomic mass is 16.3. The molecule has 0 bridgehead atoms. The van der Waals surface area contributed by atoms with Gasteiger partial charge in [0.2, 0.25) is 0 Å². The van der Waals surface area contributed by atoms with Crippen LogP contribution in [-0.4, -0.2) is 36.2 Å². The summed E-state index contributed by atoms with van der Waals surface area (Å²) in [4.78, 5) is 13.6. The SMILES string of the molecule is CN(CCO)C(=O)NC(CC1CCC1)c1ccccc1. The first-order valence-corrected chi connectivity index (χ1v) is 7.38. The van der Waals surface area contributed by atoms with E-state index in [2.05, 4.69) is 17.4 Å². The van der Waals surface area contributed by atoms with Crippen molar-refractivity contribution in [2.45, 2.75) is 31.7 Å². The standard InChI is InChI=1S/C16H24N2O2/c1-18(10-11-19)16(20)17-15(12-13-6-5-7-13)14-8-3-2-4-9-14/h2-4,8-9,13,15,19H,5-7,10-12H2,1H3,(H,17,20). The van der Waals surface area contributed by atoms with Gasteiger partial charge in [0.25, 0.3) is 0 Å². The summed E-state index contributed by atoms with van der Waals surface area (Å²) in [6.45, 7) is 0.347. The number of urea groups is 1. The minimum absolute atomic E-state index is 0.0114. The molecule has 0 radical (unpaired) electrons. The predicted molar refractivity (Wildman–Crippen MR) is 79.4 cm³/mol. The van der Waals surface area contributed by atoms with Gasteiger partial charge in [-0.25, -0.2) is 4.79 Å². The number of rotatable bonds is 6. The number of aliphatic hydroxyl groups is 1. The lowest BCUT2D eigenvalue weighted by molar-refractivity contribution is 0.182. The molecule has 4 heteroatoms. The van der Waals surface area contributed by atoms with Crippen LogP contribution in [0.25, 0.3) is 0 Å². The molecule has 20 heavy (non-hydrogen) atoms. The highest BCUT2D eigenvalue weighted by molar-refractivity contribution is 5.74. The molecule has 0 spiro atoms. The molecule has 1 aromatic carbocycles. The van der Waals surface area contributed by atoms with Crippen LogP contribution in [0.4, 0.5) is 4.79 Å². The lowest BCUT2D eigenvalue weighted by atomic mass is 9.79. The van der Waals surface area contributed by atoms with Gasteiger partial charge in [-0.3, -0.25) is 0 Å². The Kier molecular flexibility index (Phi) is 5.41. The number of nitrogens with one attached hydrogen (secondary N) is 1. The second-order valence-electron chi connectivity index (χ2n) is 5.59. The van der Waals surface area contributed by atoms with Crippen molar-refractivity contribution < 1.29 is 9.90 Å². The summed E-state index contributed by atoms with van der Waals surface area (Å²) < 4.78 is 0. The van der Waals surface area contributed by atoms with E-state index < -0.39 is 0 Å². The summed E-state index contributed by atoms with van der Waals surface area (Å²) in [5.74, 6) is 0.726. The average Bonchev–Trinajstić information content (AvgIpc) is 2.42. The summed E-state index contributed by atoms with van der Waals surface area (Å²) in [5, 5.41) is 12.0. The smallest absolute Gasteiger partial charge is 0.317 e. The van der Waals surface area contributed by atoms with Gasteiger partial charge in [-0.05, 0) is 17.9 Å². The molecule has 1 aromatic rings. The number of amides is 2. The fourth-order valence-corrected chi connectivity index (χ4v) is 2.54. The van der Waals surface area contributed by atoms with Crippen molar-refractivity contribution >= 4 is 6.03 Å². The molecule has 1 unspecified atom stereocenters. The molecule has 2 N–H and O–H groups in total. The Morgan fingerprint density at radius 2 is 2.10 bits per heavy atom. The van der Waals surface area contributed by atoms with Gasteiger partial charge in [-0.15, -0.1) is 0 Å². The maximum Gasteiger partial charge on any atom is 0.317 e. The van der Waals surface area contributed by atoms with Gasteiger partial charge in [0, 0.05) is 13.6 Å². The van der Waals surface area contributed by atoms with Crippen LogP contribution >= 0.6 is 0 Å². The van der Waals surface area contributed by atoms with Crippen molar-refractivity contribution in [1.29, 1.82) is 0 Å². The molecule has 1 saturated carbocycles. The molecule has 1 atom stereocenters. The number of nitrogens with zero attached hydrogens (tertiary/aromatic N) is 1. The van der Waals surface area contributed by atoms with Crippen LogP contribution in [0.5, 0.6) is 0 Å². The second-order valence-corrected chi connectivity index (χ2v) is 5.59. The van der Waals surface area contributed by atoms with Gasteiger partial charge >= 0.3 is 6.03 Å². The van der Waals surface area contributed by atoms with Gasteiger partial charge < -0.3 is 15.3 Å². The third kappa shape index (κ3) is 3.97.